The van der Waals surface area contributed by atoms with Crippen molar-refractivity contribution in [3.8, 4) is 23.1 Å². The van der Waals surface area contributed by atoms with Gasteiger partial charge in [0.1, 0.15) is 17.2 Å². The van der Waals surface area contributed by atoms with Gasteiger partial charge in [-0.2, -0.15) is 5.10 Å². The SMILES string of the molecule is COc1cc2nc(Oc3ccccc3)c(-n3cccn3)cc2cc1C(N)=O. The van der Waals surface area contributed by atoms with Crippen LogP contribution in [0, 0.1) is 0 Å². The van der Waals surface area contributed by atoms with Crippen molar-refractivity contribution in [3.63, 3.8) is 0 Å². The van der Waals surface area contributed by atoms with Crippen LogP contribution < -0.4 is 15.2 Å². The van der Waals surface area contributed by atoms with Crippen molar-refractivity contribution in [2.24, 2.45) is 5.73 Å². The normalized spacial score (nSPS) is 10.7. The molecule has 0 unspecified atom stereocenters. The lowest BCUT2D eigenvalue weighted by atomic mass is 10.1. The van der Waals surface area contributed by atoms with Gasteiger partial charge in [-0.15, -0.1) is 0 Å². The van der Waals surface area contributed by atoms with Gasteiger partial charge in [-0.25, -0.2) is 9.67 Å². The van der Waals surface area contributed by atoms with Crippen LogP contribution in [-0.4, -0.2) is 27.8 Å². The van der Waals surface area contributed by atoms with Crippen molar-refractivity contribution in [2.75, 3.05) is 7.11 Å². The first-order chi connectivity index (χ1) is 13.2. The molecule has 0 saturated carbocycles. The monoisotopic (exact) mass is 360 g/mol. The Hall–Kier alpha value is -3.87. The third-order valence-electron chi connectivity index (χ3n) is 4.06. The molecule has 27 heavy (non-hydrogen) atoms. The maximum Gasteiger partial charge on any atom is 0.252 e. The van der Waals surface area contributed by atoms with Crippen molar-refractivity contribution >= 4 is 16.8 Å². The van der Waals surface area contributed by atoms with E-state index in [2.05, 4.69) is 10.1 Å². The van der Waals surface area contributed by atoms with E-state index in [0.717, 1.165) is 5.39 Å². The Morgan fingerprint density at radius 3 is 2.59 bits per heavy atom. The van der Waals surface area contributed by atoms with Gasteiger partial charge in [0, 0.05) is 23.8 Å². The Labute approximate surface area is 155 Å². The van der Waals surface area contributed by atoms with E-state index in [1.54, 1.807) is 35.3 Å². The summed E-state index contributed by atoms with van der Waals surface area (Å²) < 4.78 is 12.9. The van der Waals surface area contributed by atoms with Gasteiger partial charge in [0.05, 0.1) is 18.2 Å². The number of fused-ring (bicyclic) bond motifs is 1. The molecule has 2 aromatic carbocycles. The highest BCUT2D eigenvalue weighted by Gasteiger charge is 2.16. The molecule has 0 saturated heterocycles. The zero-order valence-electron chi connectivity index (χ0n) is 14.5. The molecule has 0 aliphatic rings. The third-order valence-corrected chi connectivity index (χ3v) is 4.06. The molecule has 0 aliphatic carbocycles. The number of pyridine rings is 1. The van der Waals surface area contributed by atoms with Gasteiger partial charge in [0.15, 0.2) is 0 Å². The Morgan fingerprint density at radius 2 is 1.93 bits per heavy atom. The topological polar surface area (TPSA) is 92.3 Å². The predicted molar refractivity (Wildman–Crippen MR) is 100 cm³/mol. The maximum atomic E-state index is 11.7. The van der Waals surface area contributed by atoms with Crippen molar-refractivity contribution in [3.05, 3.63) is 72.6 Å². The van der Waals surface area contributed by atoms with Crippen LogP contribution in [0.4, 0.5) is 0 Å². The molecular weight excluding hydrogens is 344 g/mol. The molecule has 0 aliphatic heterocycles. The maximum absolute atomic E-state index is 11.7. The number of nitrogens with zero attached hydrogens (tertiary/aromatic N) is 3. The van der Waals surface area contributed by atoms with Crippen LogP contribution in [-0.2, 0) is 0 Å². The van der Waals surface area contributed by atoms with Gasteiger partial charge in [-0.05, 0) is 30.3 Å². The van der Waals surface area contributed by atoms with Gasteiger partial charge in [-0.3, -0.25) is 4.79 Å². The average molecular weight is 360 g/mol. The molecule has 0 bridgehead atoms. The largest absolute Gasteiger partial charge is 0.496 e. The van der Waals surface area contributed by atoms with Crippen LogP contribution in [0.15, 0.2) is 67.0 Å². The van der Waals surface area contributed by atoms with E-state index in [-0.39, 0.29) is 5.56 Å². The number of nitrogens with two attached hydrogens (primary N) is 1. The van der Waals surface area contributed by atoms with Crippen LogP contribution in [0.5, 0.6) is 17.4 Å². The van der Waals surface area contributed by atoms with Gasteiger partial charge < -0.3 is 15.2 Å². The molecular formula is C20H16N4O3. The van der Waals surface area contributed by atoms with Gasteiger partial charge in [-0.1, -0.05) is 18.2 Å². The first-order valence-electron chi connectivity index (χ1n) is 8.21. The van der Waals surface area contributed by atoms with Crippen molar-refractivity contribution in [1.82, 2.24) is 14.8 Å². The minimum Gasteiger partial charge on any atom is -0.496 e. The number of carbonyl (C=O) groups excluding carboxylic acids is 1. The molecule has 0 radical (unpaired) electrons. The predicted octanol–water partition coefficient (Wildman–Crippen LogP) is 3.32. The standard InChI is InChI=1S/C20H16N4O3/c1-26-18-12-16-13(10-15(18)19(21)25)11-17(24-9-5-8-22-24)20(23-16)27-14-6-3-2-4-7-14/h2-12H,1H3,(H2,21,25). The molecule has 1 amide bonds. The summed E-state index contributed by atoms with van der Waals surface area (Å²) in [5, 5.41) is 4.99. The lowest BCUT2D eigenvalue weighted by Gasteiger charge is -2.13. The summed E-state index contributed by atoms with van der Waals surface area (Å²) in [5.74, 6) is 0.823. The number of amides is 1. The second-order valence-electron chi connectivity index (χ2n) is 5.79. The summed E-state index contributed by atoms with van der Waals surface area (Å²) in [7, 11) is 1.48. The van der Waals surface area contributed by atoms with E-state index >= 15 is 0 Å². The lowest BCUT2D eigenvalue weighted by molar-refractivity contribution is 0.0997. The number of methoxy groups -OCH3 is 1. The molecule has 7 heteroatoms. The van der Waals surface area contributed by atoms with E-state index in [1.165, 1.54) is 7.11 Å². The average Bonchev–Trinajstić information content (AvgIpc) is 3.21. The van der Waals surface area contributed by atoms with Crippen LogP contribution in [0.3, 0.4) is 0 Å². The molecule has 0 fully saturated rings. The number of hydrogen-bond acceptors (Lipinski definition) is 5. The highest BCUT2D eigenvalue weighted by molar-refractivity contribution is 6.00. The molecule has 2 aromatic heterocycles. The quantitative estimate of drug-likeness (QED) is 0.589. The Bertz CT molecular complexity index is 1110. The Balaban J connectivity index is 1.93. The number of hydrogen-bond donors (Lipinski definition) is 1. The first kappa shape index (κ1) is 16.6. The summed E-state index contributed by atoms with van der Waals surface area (Å²) in [6.07, 6.45) is 3.46. The molecule has 134 valence electrons. The van der Waals surface area contributed by atoms with Crippen molar-refractivity contribution in [1.29, 1.82) is 0 Å². The highest BCUT2D eigenvalue weighted by atomic mass is 16.5. The first-order valence-corrected chi connectivity index (χ1v) is 8.21. The number of ether oxygens (including phenoxy) is 2. The minimum atomic E-state index is -0.570. The van der Waals surface area contributed by atoms with E-state index in [4.69, 9.17) is 15.2 Å². The van der Waals surface area contributed by atoms with E-state index in [0.29, 0.717) is 28.6 Å². The summed E-state index contributed by atoms with van der Waals surface area (Å²) in [4.78, 5) is 16.3. The second kappa shape index (κ2) is 6.80. The Kier molecular flexibility index (Phi) is 4.18. The number of carbonyl (C=O) groups is 1. The van der Waals surface area contributed by atoms with Crippen LogP contribution in [0.1, 0.15) is 10.4 Å². The number of primary amides is 1. The number of rotatable bonds is 5. The van der Waals surface area contributed by atoms with Gasteiger partial charge >= 0.3 is 0 Å². The molecule has 0 spiro atoms. The van der Waals surface area contributed by atoms with Crippen LogP contribution in [0.2, 0.25) is 0 Å². The van der Waals surface area contributed by atoms with E-state index in [9.17, 15) is 4.79 Å². The molecule has 2 heterocycles. The fourth-order valence-electron chi connectivity index (χ4n) is 2.79. The summed E-state index contributed by atoms with van der Waals surface area (Å²) in [6, 6.07) is 16.3. The molecule has 7 nitrogen and oxygen atoms in total. The molecule has 0 atom stereocenters. The smallest absolute Gasteiger partial charge is 0.252 e. The van der Waals surface area contributed by atoms with Crippen LogP contribution in [0.25, 0.3) is 16.6 Å². The minimum absolute atomic E-state index is 0.287. The molecule has 4 rings (SSSR count). The van der Waals surface area contributed by atoms with E-state index in [1.807, 2.05) is 36.4 Å². The van der Waals surface area contributed by atoms with Crippen molar-refractivity contribution < 1.29 is 14.3 Å². The van der Waals surface area contributed by atoms with Crippen LogP contribution >= 0.6 is 0 Å². The van der Waals surface area contributed by atoms with E-state index < -0.39 is 5.91 Å². The second-order valence-corrected chi connectivity index (χ2v) is 5.79. The zero-order valence-corrected chi connectivity index (χ0v) is 14.5. The summed E-state index contributed by atoms with van der Waals surface area (Å²) >= 11 is 0. The summed E-state index contributed by atoms with van der Waals surface area (Å²) in [6.45, 7) is 0. The Morgan fingerprint density at radius 1 is 1.11 bits per heavy atom. The number of aromatic nitrogens is 3. The molecule has 4 aromatic rings. The fraction of sp³-hybridized carbons (Fsp3) is 0.0500. The van der Waals surface area contributed by atoms with Gasteiger partial charge in [0.25, 0.3) is 5.91 Å². The third kappa shape index (κ3) is 3.18. The van der Waals surface area contributed by atoms with Crippen molar-refractivity contribution in [2.45, 2.75) is 0 Å². The number of para-hydroxylation sites is 1. The zero-order chi connectivity index (χ0) is 18.8. The molecule has 2 N–H and O–H groups in total. The number of benzene rings is 2. The van der Waals surface area contributed by atoms with Gasteiger partial charge in [0.2, 0.25) is 5.88 Å². The lowest BCUT2D eigenvalue weighted by Crippen LogP contribution is -2.12. The summed E-state index contributed by atoms with van der Waals surface area (Å²) in [5.41, 5.74) is 7.00. The highest BCUT2D eigenvalue weighted by Crippen LogP contribution is 2.32. The fourth-order valence-corrected chi connectivity index (χ4v) is 2.79.